The largest absolute Gasteiger partial charge is 0.390 e. The second-order valence-electron chi connectivity index (χ2n) is 8.42. The third kappa shape index (κ3) is 3.63. The number of nitrogens with two attached hydrogens (primary N) is 1. The molecule has 168 valence electrons. The lowest BCUT2D eigenvalue weighted by Gasteiger charge is -2.43. The number of urea groups is 1. The molecule has 2 aliphatic heterocycles. The van der Waals surface area contributed by atoms with Crippen LogP contribution in [0.4, 0.5) is 10.5 Å². The molecule has 1 aromatic rings. The highest BCUT2D eigenvalue weighted by Crippen LogP contribution is 2.37. The molecule has 4 rings (SSSR count). The van der Waals surface area contributed by atoms with Gasteiger partial charge in [0.15, 0.2) is 11.4 Å². The molecule has 10 nitrogen and oxygen atoms in total. The van der Waals surface area contributed by atoms with Crippen molar-refractivity contribution in [3.05, 3.63) is 65.7 Å². The van der Waals surface area contributed by atoms with E-state index in [2.05, 4.69) is 21.1 Å². The number of aryl methyl sites for hydroxylation is 1. The van der Waals surface area contributed by atoms with Gasteiger partial charge in [0.05, 0.1) is 35.2 Å². The summed E-state index contributed by atoms with van der Waals surface area (Å²) in [6.07, 6.45) is 4.75. The van der Waals surface area contributed by atoms with Gasteiger partial charge in [0, 0.05) is 25.2 Å². The lowest BCUT2D eigenvalue weighted by molar-refractivity contribution is -0.0327. The van der Waals surface area contributed by atoms with Gasteiger partial charge >= 0.3 is 6.03 Å². The lowest BCUT2D eigenvalue weighted by Crippen LogP contribution is -2.57. The molecule has 32 heavy (non-hydrogen) atoms. The first kappa shape index (κ1) is 21.9. The van der Waals surface area contributed by atoms with Gasteiger partial charge in [0.1, 0.15) is 7.05 Å². The van der Waals surface area contributed by atoms with E-state index >= 15 is 0 Å². The predicted molar refractivity (Wildman–Crippen MR) is 123 cm³/mol. The molecule has 1 aliphatic carbocycles. The molecule has 3 unspecified atom stereocenters. The average Bonchev–Trinajstić information content (AvgIpc) is 3.03. The van der Waals surface area contributed by atoms with Crippen molar-refractivity contribution in [2.75, 3.05) is 20.1 Å². The Morgan fingerprint density at radius 2 is 1.94 bits per heavy atom. The van der Waals surface area contributed by atoms with Gasteiger partial charge in [-0.3, -0.25) is 0 Å². The number of quaternary nitrogens is 1. The molecule has 3 atom stereocenters. The SMILES string of the molecule is Cc1ccc([N+]2(C)NC=C(N=C3C=CC4(C=C3NC(N)=O)C(O)CNCC4O)C2=N)cc1. The first-order valence-electron chi connectivity index (χ1n) is 10.3. The Morgan fingerprint density at radius 3 is 2.56 bits per heavy atom. The fourth-order valence-corrected chi connectivity index (χ4v) is 4.18. The van der Waals surface area contributed by atoms with Crippen LogP contribution in [0.15, 0.2) is 65.1 Å². The van der Waals surface area contributed by atoms with Crippen molar-refractivity contribution in [2.45, 2.75) is 19.1 Å². The molecule has 10 heteroatoms. The van der Waals surface area contributed by atoms with E-state index in [1.54, 1.807) is 24.4 Å². The Kier molecular flexibility index (Phi) is 5.47. The van der Waals surface area contributed by atoms with Gasteiger partial charge < -0.3 is 26.6 Å². The number of aliphatic hydroxyl groups is 2. The van der Waals surface area contributed by atoms with E-state index in [4.69, 9.17) is 11.1 Å². The Bertz CT molecular complexity index is 1060. The van der Waals surface area contributed by atoms with Crippen molar-refractivity contribution in [3.8, 4) is 0 Å². The van der Waals surface area contributed by atoms with Crippen molar-refractivity contribution < 1.29 is 15.0 Å². The summed E-state index contributed by atoms with van der Waals surface area (Å²) in [7, 11) is 1.85. The minimum Gasteiger partial charge on any atom is -0.390 e. The number of nitrogens with zero attached hydrogens (tertiary/aromatic N) is 2. The number of piperidine rings is 1. The first-order chi connectivity index (χ1) is 15.2. The van der Waals surface area contributed by atoms with E-state index in [0.717, 1.165) is 11.3 Å². The van der Waals surface area contributed by atoms with Crippen LogP contribution < -0.4 is 26.4 Å². The summed E-state index contributed by atoms with van der Waals surface area (Å²) in [5.74, 6) is 0.218. The highest BCUT2D eigenvalue weighted by Gasteiger charge is 2.46. The van der Waals surface area contributed by atoms with E-state index < -0.39 is 23.7 Å². The summed E-state index contributed by atoms with van der Waals surface area (Å²) in [5, 5.41) is 35.4. The molecule has 1 fully saturated rings. The van der Waals surface area contributed by atoms with Crippen LogP contribution in [0.25, 0.3) is 0 Å². The van der Waals surface area contributed by atoms with Gasteiger partial charge in [-0.2, -0.15) is 0 Å². The third-order valence-electron chi connectivity index (χ3n) is 6.23. The number of hydrogen-bond donors (Lipinski definition) is 7. The lowest BCUT2D eigenvalue weighted by atomic mass is 9.71. The van der Waals surface area contributed by atoms with Gasteiger partial charge in [0.2, 0.25) is 0 Å². The molecule has 0 aromatic heterocycles. The number of β-amino-alcohol motifs (C(OH)–C–C–N with tert-alkyl or cyclic N) is 2. The molecular weight excluding hydrogens is 410 g/mol. The van der Waals surface area contributed by atoms with Crippen LogP contribution in [0.3, 0.4) is 0 Å². The number of amidine groups is 1. The Balaban J connectivity index is 1.67. The predicted octanol–water partition coefficient (Wildman–Crippen LogP) is 0.143. The maximum Gasteiger partial charge on any atom is 0.316 e. The molecule has 3 aliphatic rings. The summed E-state index contributed by atoms with van der Waals surface area (Å²) in [4.78, 5) is 16.2. The van der Waals surface area contributed by atoms with Gasteiger partial charge in [-0.05, 0) is 19.1 Å². The number of primary amides is 1. The fraction of sp³-hybridized carbons (Fsp3) is 0.318. The Hall–Kier alpha value is -3.31. The summed E-state index contributed by atoms with van der Waals surface area (Å²) in [6.45, 7) is 2.58. The number of benzene rings is 1. The van der Waals surface area contributed by atoms with E-state index in [1.807, 2.05) is 38.2 Å². The van der Waals surface area contributed by atoms with Crippen molar-refractivity contribution in [1.82, 2.24) is 20.7 Å². The van der Waals surface area contributed by atoms with Gasteiger partial charge in [-0.15, -0.1) is 4.59 Å². The number of allylic oxidation sites excluding steroid dienone is 1. The van der Waals surface area contributed by atoms with Crippen LogP contribution in [-0.4, -0.2) is 60.1 Å². The first-order valence-corrected chi connectivity index (χ1v) is 10.3. The van der Waals surface area contributed by atoms with Crippen molar-refractivity contribution in [2.24, 2.45) is 16.1 Å². The van der Waals surface area contributed by atoms with E-state index in [1.165, 1.54) is 0 Å². The molecule has 0 saturated carbocycles. The van der Waals surface area contributed by atoms with Crippen LogP contribution >= 0.6 is 0 Å². The number of likely N-dealkylation sites (N-methyl/N-ethyl adjacent to an activating group) is 1. The molecule has 1 aromatic carbocycles. The van der Waals surface area contributed by atoms with Crippen LogP contribution in [-0.2, 0) is 0 Å². The molecule has 0 radical (unpaired) electrons. The van der Waals surface area contributed by atoms with Gasteiger partial charge in [0.25, 0.3) is 5.84 Å². The number of carbonyl (C=O) groups excluding carboxylic acids is 1. The van der Waals surface area contributed by atoms with Crippen LogP contribution in [0.5, 0.6) is 0 Å². The molecule has 2 amide bonds. The fourth-order valence-electron chi connectivity index (χ4n) is 4.18. The maximum absolute atomic E-state index is 11.6. The Labute approximate surface area is 185 Å². The number of aliphatic hydroxyl groups excluding tert-OH is 2. The summed E-state index contributed by atoms with van der Waals surface area (Å²) in [5.41, 5.74) is 10.5. The van der Waals surface area contributed by atoms with Crippen molar-refractivity contribution in [3.63, 3.8) is 0 Å². The molecule has 1 spiro atoms. The minimum atomic E-state index is -1.08. The molecule has 0 bridgehead atoms. The normalized spacial score (nSPS) is 33.1. The van der Waals surface area contributed by atoms with Crippen LogP contribution in [0.2, 0.25) is 0 Å². The highest BCUT2D eigenvalue weighted by molar-refractivity contribution is 6.14. The number of nitrogens with one attached hydrogen (secondary N) is 4. The topological polar surface area (TPSA) is 156 Å². The zero-order chi connectivity index (χ0) is 23.1. The van der Waals surface area contributed by atoms with E-state index in [0.29, 0.717) is 24.5 Å². The number of amides is 2. The molecule has 8 N–H and O–H groups in total. The zero-order valence-electron chi connectivity index (χ0n) is 18.0. The quantitative estimate of drug-likeness (QED) is 0.334. The van der Waals surface area contributed by atoms with Gasteiger partial charge in [-0.1, -0.05) is 23.8 Å². The summed E-state index contributed by atoms with van der Waals surface area (Å²) >= 11 is 0. The monoisotopic (exact) mass is 438 g/mol. The minimum absolute atomic E-state index is 0.0332. The standard InChI is InChI=1S/C22H27N7O3/c1-13-3-5-14(6-4-13)29(2)20(23)17(10-26-29)27-15-7-8-22(9-16(15)28-21(24)32)18(30)11-25-12-19(22)31/h3-10,18-19,25,30-31H,11-12H2,1-2H3,(H4-,23,24,26,28,32)/p+1. The second-order valence-corrected chi connectivity index (χ2v) is 8.42. The zero-order valence-corrected chi connectivity index (χ0v) is 18.0. The molecule has 1 saturated heterocycles. The second kappa shape index (κ2) is 7.99. The maximum atomic E-state index is 11.6. The molecular formula is C22H28N7O3+. The van der Waals surface area contributed by atoms with Crippen LogP contribution in [0.1, 0.15) is 5.56 Å². The van der Waals surface area contributed by atoms with Crippen molar-refractivity contribution in [1.29, 1.82) is 5.41 Å². The third-order valence-corrected chi connectivity index (χ3v) is 6.23. The van der Waals surface area contributed by atoms with E-state index in [9.17, 15) is 15.0 Å². The van der Waals surface area contributed by atoms with Crippen molar-refractivity contribution >= 4 is 23.3 Å². The number of hydrogen-bond acceptors (Lipinski definition) is 7. The molecule has 2 heterocycles. The summed E-state index contributed by atoms with van der Waals surface area (Å²) in [6, 6.07) is 7.07. The average molecular weight is 439 g/mol. The van der Waals surface area contributed by atoms with E-state index in [-0.39, 0.29) is 16.1 Å². The van der Waals surface area contributed by atoms with Crippen LogP contribution in [0, 0.1) is 17.7 Å². The number of aliphatic imine (C=N–C) groups is 1. The number of carbonyl (C=O) groups is 1. The number of rotatable bonds is 3. The Morgan fingerprint density at radius 1 is 1.28 bits per heavy atom. The van der Waals surface area contributed by atoms with Gasteiger partial charge in [-0.25, -0.2) is 20.6 Å². The summed E-state index contributed by atoms with van der Waals surface area (Å²) < 4.78 is 0.0332. The highest BCUT2D eigenvalue weighted by atomic mass is 16.3. The smallest absolute Gasteiger partial charge is 0.316 e.